The fraction of sp³-hybridized carbons (Fsp3) is 0.273. The zero-order valence-corrected chi connectivity index (χ0v) is 9.65. The first kappa shape index (κ1) is 11.0. The van der Waals surface area contributed by atoms with E-state index in [4.69, 9.17) is 16.7 Å². The molecule has 0 bridgehead atoms. The summed E-state index contributed by atoms with van der Waals surface area (Å²) in [6.45, 7) is 2.58. The summed E-state index contributed by atoms with van der Waals surface area (Å²) in [4.78, 5) is 0. The molecule has 0 radical (unpaired) electrons. The average molecular weight is 238 g/mol. The molecule has 2 rings (SSSR count). The molecule has 4 nitrogen and oxygen atoms in total. The molecule has 0 aliphatic heterocycles. The van der Waals surface area contributed by atoms with Gasteiger partial charge in [0.1, 0.15) is 11.4 Å². The minimum atomic E-state index is 0.264. The highest BCUT2D eigenvalue weighted by molar-refractivity contribution is 6.16. The van der Waals surface area contributed by atoms with Crippen molar-refractivity contribution < 1.29 is 5.11 Å². The third-order valence-corrected chi connectivity index (χ3v) is 2.73. The van der Waals surface area contributed by atoms with Gasteiger partial charge in [-0.3, -0.25) is 0 Å². The van der Waals surface area contributed by atoms with E-state index in [0.29, 0.717) is 12.4 Å². The Bertz CT molecular complexity index is 478. The molecule has 1 N–H and O–H groups in total. The SMILES string of the molecule is Cc1c(CCl)nnn1Cc1ccc(O)cc1. The smallest absolute Gasteiger partial charge is 0.115 e. The van der Waals surface area contributed by atoms with Crippen molar-refractivity contribution in [3.63, 3.8) is 0 Å². The third-order valence-electron chi connectivity index (χ3n) is 2.47. The average Bonchev–Trinajstić information content (AvgIpc) is 2.63. The van der Waals surface area contributed by atoms with Gasteiger partial charge < -0.3 is 5.11 Å². The van der Waals surface area contributed by atoms with E-state index in [1.807, 2.05) is 19.1 Å². The third kappa shape index (κ3) is 2.17. The van der Waals surface area contributed by atoms with Gasteiger partial charge in [-0.1, -0.05) is 17.3 Å². The molecule has 2 aromatic rings. The molecule has 5 heteroatoms. The highest BCUT2D eigenvalue weighted by Gasteiger charge is 2.07. The molecule has 0 saturated carbocycles. The van der Waals surface area contributed by atoms with Gasteiger partial charge in [-0.25, -0.2) is 4.68 Å². The number of phenols is 1. The lowest BCUT2D eigenvalue weighted by molar-refractivity contribution is 0.475. The number of hydrogen-bond donors (Lipinski definition) is 1. The number of halogens is 1. The molecule has 0 amide bonds. The lowest BCUT2D eigenvalue weighted by Crippen LogP contribution is -2.04. The van der Waals surface area contributed by atoms with Crippen molar-refractivity contribution in [3.05, 3.63) is 41.2 Å². The van der Waals surface area contributed by atoms with E-state index in [1.165, 1.54) is 0 Å². The van der Waals surface area contributed by atoms with Gasteiger partial charge in [-0.15, -0.1) is 16.7 Å². The monoisotopic (exact) mass is 237 g/mol. The zero-order valence-electron chi connectivity index (χ0n) is 8.89. The van der Waals surface area contributed by atoms with Crippen LogP contribution in [0.5, 0.6) is 5.75 Å². The number of aromatic nitrogens is 3. The predicted octanol–water partition coefficient (Wildman–Crippen LogP) is 2.08. The van der Waals surface area contributed by atoms with Crippen molar-refractivity contribution in [1.82, 2.24) is 15.0 Å². The van der Waals surface area contributed by atoms with E-state index < -0.39 is 0 Å². The van der Waals surface area contributed by atoms with Crippen LogP contribution in [-0.4, -0.2) is 20.1 Å². The van der Waals surface area contributed by atoms with E-state index >= 15 is 0 Å². The second-order valence-electron chi connectivity index (χ2n) is 3.58. The van der Waals surface area contributed by atoms with Gasteiger partial charge in [0.05, 0.1) is 18.1 Å². The number of rotatable bonds is 3. The van der Waals surface area contributed by atoms with E-state index in [2.05, 4.69) is 10.3 Å². The summed E-state index contributed by atoms with van der Waals surface area (Å²) < 4.78 is 1.80. The van der Waals surface area contributed by atoms with Crippen LogP contribution in [0.15, 0.2) is 24.3 Å². The van der Waals surface area contributed by atoms with Crippen LogP contribution in [-0.2, 0) is 12.4 Å². The fourth-order valence-corrected chi connectivity index (χ4v) is 1.69. The summed E-state index contributed by atoms with van der Waals surface area (Å²) in [5, 5.41) is 17.2. The van der Waals surface area contributed by atoms with Crippen LogP contribution >= 0.6 is 11.6 Å². The molecule has 0 fully saturated rings. The zero-order chi connectivity index (χ0) is 11.5. The number of nitrogens with zero attached hydrogens (tertiary/aromatic N) is 3. The van der Waals surface area contributed by atoms with Crippen molar-refractivity contribution >= 4 is 11.6 Å². The Hall–Kier alpha value is -1.55. The minimum absolute atomic E-state index is 0.264. The number of benzene rings is 1. The van der Waals surface area contributed by atoms with Gasteiger partial charge in [-0.2, -0.15) is 0 Å². The Morgan fingerprint density at radius 2 is 2.00 bits per heavy atom. The second-order valence-corrected chi connectivity index (χ2v) is 3.85. The Morgan fingerprint density at radius 3 is 2.56 bits per heavy atom. The van der Waals surface area contributed by atoms with Crippen LogP contribution < -0.4 is 0 Å². The summed E-state index contributed by atoms with van der Waals surface area (Å²) in [5.41, 5.74) is 2.84. The highest BCUT2D eigenvalue weighted by atomic mass is 35.5. The van der Waals surface area contributed by atoms with Crippen LogP contribution in [0.4, 0.5) is 0 Å². The quantitative estimate of drug-likeness (QED) is 0.832. The molecule has 0 spiro atoms. The Kier molecular flexibility index (Phi) is 3.10. The molecule has 0 atom stereocenters. The van der Waals surface area contributed by atoms with Crippen molar-refractivity contribution in [2.45, 2.75) is 19.3 Å². The standard InChI is InChI=1S/C11H12ClN3O/c1-8-11(6-12)13-14-15(8)7-9-2-4-10(16)5-3-9/h2-5,16H,6-7H2,1H3. The number of aromatic hydroxyl groups is 1. The number of hydrogen-bond acceptors (Lipinski definition) is 3. The normalized spacial score (nSPS) is 10.6. The van der Waals surface area contributed by atoms with E-state index in [-0.39, 0.29) is 5.75 Å². The minimum Gasteiger partial charge on any atom is -0.508 e. The van der Waals surface area contributed by atoms with Gasteiger partial charge in [-0.05, 0) is 24.6 Å². The first-order valence-electron chi connectivity index (χ1n) is 4.93. The lowest BCUT2D eigenvalue weighted by Gasteiger charge is -2.03. The van der Waals surface area contributed by atoms with E-state index in [0.717, 1.165) is 17.0 Å². The molecule has 1 aromatic carbocycles. The van der Waals surface area contributed by atoms with Crippen LogP contribution in [0.25, 0.3) is 0 Å². The van der Waals surface area contributed by atoms with Crippen LogP contribution in [0.1, 0.15) is 17.0 Å². The molecular formula is C11H12ClN3O. The van der Waals surface area contributed by atoms with E-state index in [1.54, 1.807) is 16.8 Å². The summed E-state index contributed by atoms with van der Waals surface area (Å²) >= 11 is 5.72. The molecule has 0 unspecified atom stereocenters. The van der Waals surface area contributed by atoms with E-state index in [9.17, 15) is 0 Å². The fourth-order valence-electron chi connectivity index (χ4n) is 1.44. The first-order valence-corrected chi connectivity index (χ1v) is 5.47. The van der Waals surface area contributed by atoms with Gasteiger partial charge in [0.15, 0.2) is 0 Å². The van der Waals surface area contributed by atoms with Gasteiger partial charge in [0.2, 0.25) is 0 Å². The molecule has 1 aromatic heterocycles. The molecule has 0 aliphatic carbocycles. The molecule has 0 aliphatic rings. The second kappa shape index (κ2) is 4.53. The van der Waals surface area contributed by atoms with Crippen LogP contribution in [0.3, 0.4) is 0 Å². The van der Waals surface area contributed by atoms with Crippen LogP contribution in [0.2, 0.25) is 0 Å². The maximum atomic E-state index is 9.17. The number of phenolic OH excluding ortho intramolecular Hbond substituents is 1. The predicted molar refractivity (Wildman–Crippen MR) is 61.5 cm³/mol. The Labute approximate surface area is 98.5 Å². The topological polar surface area (TPSA) is 50.9 Å². The van der Waals surface area contributed by atoms with Crippen molar-refractivity contribution in [1.29, 1.82) is 0 Å². The highest BCUT2D eigenvalue weighted by Crippen LogP contribution is 2.12. The maximum absolute atomic E-state index is 9.17. The van der Waals surface area contributed by atoms with Crippen molar-refractivity contribution in [2.24, 2.45) is 0 Å². The molecule has 16 heavy (non-hydrogen) atoms. The van der Waals surface area contributed by atoms with Gasteiger partial charge >= 0.3 is 0 Å². The molecular weight excluding hydrogens is 226 g/mol. The summed E-state index contributed by atoms with van der Waals surface area (Å²) in [6, 6.07) is 7.03. The molecule has 1 heterocycles. The Morgan fingerprint density at radius 1 is 1.31 bits per heavy atom. The van der Waals surface area contributed by atoms with Gasteiger partial charge in [0, 0.05) is 0 Å². The van der Waals surface area contributed by atoms with Crippen LogP contribution in [0, 0.1) is 6.92 Å². The lowest BCUT2D eigenvalue weighted by atomic mass is 10.2. The first-order chi connectivity index (χ1) is 7.70. The molecule has 0 saturated heterocycles. The van der Waals surface area contributed by atoms with Gasteiger partial charge in [0.25, 0.3) is 0 Å². The largest absolute Gasteiger partial charge is 0.508 e. The maximum Gasteiger partial charge on any atom is 0.115 e. The van der Waals surface area contributed by atoms with Crippen molar-refractivity contribution in [3.8, 4) is 5.75 Å². The molecule has 84 valence electrons. The summed E-state index contributed by atoms with van der Waals surface area (Å²) in [7, 11) is 0. The van der Waals surface area contributed by atoms with Crippen molar-refractivity contribution in [2.75, 3.05) is 0 Å². The Balaban J connectivity index is 2.20. The summed E-state index contributed by atoms with van der Waals surface area (Å²) in [6.07, 6.45) is 0. The number of alkyl halides is 1. The summed E-state index contributed by atoms with van der Waals surface area (Å²) in [5.74, 6) is 0.641.